The number of nitrogens with one attached hydrogen (secondary N) is 2. The number of aryl methyl sites for hydroxylation is 2. The Morgan fingerprint density at radius 2 is 2.08 bits per heavy atom. The molecular formula is C20H37N5O. The Hall–Kier alpha value is -1.56. The fraction of sp³-hybridized carbons (Fsp3) is 0.800. The van der Waals surface area contributed by atoms with Crippen molar-refractivity contribution in [3.8, 4) is 0 Å². The Morgan fingerprint density at radius 1 is 1.31 bits per heavy atom. The fourth-order valence-corrected chi connectivity index (χ4v) is 4.14. The lowest BCUT2D eigenvalue weighted by Crippen LogP contribution is -2.56. The number of aromatic nitrogens is 1. The van der Waals surface area contributed by atoms with Gasteiger partial charge < -0.3 is 20.1 Å². The second-order valence-electron chi connectivity index (χ2n) is 7.84. The van der Waals surface area contributed by atoms with Crippen LogP contribution < -0.4 is 10.6 Å². The van der Waals surface area contributed by atoms with Crippen molar-refractivity contribution in [2.24, 2.45) is 10.9 Å². The van der Waals surface area contributed by atoms with E-state index in [9.17, 15) is 0 Å². The van der Waals surface area contributed by atoms with Crippen LogP contribution in [0.4, 0.5) is 0 Å². The van der Waals surface area contributed by atoms with Crippen molar-refractivity contribution in [2.45, 2.75) is 71.4 Å². The predicted molar refractivity (Wildman–Crippen MR) is 108 cm³/mol. The maximum atomic E-state index is 5.46. The lowest BCUT2D eigenvalue weighted by molar-refractivity contribution is 0.0795. The van der Waals surface area contributed by atoms with Crippen molar-refractivity contribution in [1.82, 2.24) is 20.7 Å². The van der Waals surface area contributed by atoms with Gasteiger partial charge in [-0.3, -0.25) is 4.99 Å². The maximum Gasteiger partial charge on any atom is 0.191 e. The summed E-state index contributed by atoms with van der Waals surface area (Å²) in [6.45, 7) is 8.19. The van der Waals surface area contributed by atoms with Crippen molar-refractivity contribution in [2.75, 3.05) is 27.7 Å². The van der Waals surface area contributed by atoms with Crippen LogP contribution in [0.1, 0.15) is 63.5 Å². The molecule has 2 rings (SSSR count). The van der Waals surface area contributed by atoms with E-state index in [0.29, 0.717) is 6.54 Å². The van der Waals surface area contributed by atoms with E-state index in [1.54, 1.807) is 0 Å². The van der Waals surface area contributed by atoms with Crippen LogP contribution in [0.25, 0.3) is 0 Å². The van der Waals surface area contributed by atoms with Crippen LogP contribution in [0.15, 0.2) is 9.52 Å². The van der Waals surface area contributed by atoms with Crippen molar-refractivity contribution >= 4 is 5.96 Å². The van der Waals surface area contributed by atoms with Gasteiger partial charge in [0.2, 0.25) is 0 Å². The third kappa shape index (κ3) is 4.78. The number of guanidine groups is 1. The Labute approximate surface area is 158 Å². The molecule has 2 unspecified atom stereocenters. The minimum absolute atomic E-state index is 0.204. The van der Waals surface area contributed by atoms with Gasteiger partial charge in [0.1, 0.15) is 5.76 Å². The van der Waals surface area contributed by atoms with E-state index in [1.807, 2.05) is 7.05 Å². The quantitative estimate of drug-likeness (QED) is 0.576. The molecule has 148 valence electrons. The number of nitrogens with zero attached hydrogens (tertiary/aromatic N) is 3. The Bertz CT molecular complexity index is 574. The van der Waals surface area contributed by atoms with Crippen LogP contribution in [-0.2, 0) is 19.4 Å². The highest BCUT2D eigenvalue weighted by Crippen LogP contribution is 2.35. The standard InChI is InChI=1S/C20H37N5O/c1-7-17-16(18(8-2)26-24-17)13-22-19(21-4)23-14-20(25(5)6)11-9-10-15(3)12-20/h15H,7-14H2,1-6H3,(H2,21,22,23). The third-order valence-electron chi connectivity index (χ3n) is 5.86. The molecule has 0 amide bonds. The second-order valence-corrected chi connectivity index (χ2v) is 7.84. The first kappa shape index (κ1) is 20.7. The van der Waals surface area contributed by atoms with Gasteiger partial charge in [0.05, 0.1) is 5.69 Å². The molecule has 1 aliphatic rings. The molecule has 1 heterocycles. The summed E-state index contributed by atoms with van der Waals surface area (Å²) < 4.78 is 5.46. The summed E-state index contributed by atoms with van der Waals surface area (Å²) in [7, 11) is 6.23. The van der Waals surface area contributed by atoms with Crippen molar-refractivity contribution in [3.63, 3.8) is 0 Å². The van der Waals surface area contributed by atoms with Gasteiger partial charge >= 0.3 is 0 Å². The number of likely N-dealkylation sites (N-methyl/N-ethyl adjacent to an activating group) is 1. The molecule has 26 heavy (non-hydrogen) atoms. The zero-order valence-electron chi connectivity index (χ0n) is 17.5. The summed E-state index contributed by atoms with van der Waals surface area (Å²) >= 11 is 0. The Kier molecular flexibility index (Phi) is 7.50. The van der Waals surface area contributed by atoms with E-state index in [0.717, 1.165) is 42.7 Å². The largest absolute Gasteiger partial charge is 0.361 e. The summed E-state index contributed by atoms with van der Waals surface area (Å²) in [4.78, 5) is 6.81. The average molecular weight is 364 g/mol. The van der Waals surface area contributed by atoms with Crippen LogP contribution in [0, 0.1) is 5.92 Å². The summed E-state index contributed by atoms with van der Waals surface area (Å²) in [6.07, 6.45) is 6.85. The highest BCUT2D eigenvalue weighted by molar-refractivity contribution is 5.79. The van der Waals surface area contributed by atoms with E-state index in [2.05, 4.69) is 60.5 Å². The molecular weight excluding hydrogens is 326 g/mol. The molecule has 0 aromatic carbocycles. The highest BCUT2D eigenvalue weighted by Gasteiger charge is 2.36. The second kappa shape index (κ2) is 9.40. The molecule has 0 radical (unpaired) electrons. The molecule has 1 saturated carbocycles. The van der Waals surface area contributed by atoms with Gasteiger partial charge in [-0.1, -0.05) is 38.8 Å². The molecule has 1 aliphatic carbocycles. The molecule has 1 aromatic rings. The SMILES string of the molecule is CCc1noc(CC)c1CNC(=NC)NCC1(N(C)C)CCCC(C)C1. The van der Waals surface area contributed by atoms with E-state index < -0.39 is 0 Å². The fourth-order valence-electron chi connectivity index (χ4n) is 4.14. The molecule has 2 atom stereocenters. The molecule has 6 heteroatoms. The van der Waals surface area contributed by atoms with E-state index >= 15 is 0 Å². The number of hydrogen-bond donors (Lipinski definition) is 2. The van der Waals surface area contributed by atoms with Crippen LogP contribution in [0.2, 0.25) is 0 Å². The van der Waals surface area contributed by atoms with Gasteiger partial charge in [-0.25, -0.2) is 0 Å². The third-order valence-corrected chi connectivity index (χ3v) is 5.86. The van der Waals surface area contributed by atoms with E-state index in [-0.39, 0.29) is 5.54 Å². The van der Waals surface area contributed by atoms with Crippen molar-refractivity contribution < 1.29 is 4.52 Å². The molecule has 0 saturated heterocycles. The number of aliphatic imine (C=N–C) groups is 1. The molecule has 0 aliphatic heterocycles. The molecule has 1 fully saturated rings. The van der Waals surface area contributed by atoms with E-state index in [4.69, 9.17) is 4.52 Å². The topological polar surface area (TPSA) is 65.7 Å². The molecule has 0 spiro atoms. The van der Waals surface area contributed by atoms with Gasteiger partial charge in [-0.15, -0.1) is 0 Å². The number of rotatable bonds is 7. The van der Waals surface area contributed by atoms with Crippen LogP contribution in [-0.4, -0.2) is 49.2 Å². The first-order valence-corrected chi connectivity index (χ1v) is 10.0. The zero-order chi connectivity index (χ0) is 19.2. The summed E-state index contributed by atoms with van der Waals surface area (Å²) in [6, 6.07) is 0. The van der Waals surface area contributed by atoms with Gasteiger partial charge in [0.25, 0.3) is 0 Å². The van der Waals surface area contributed by atoms with Gasteiger partial charge in [0, 0.05) is 37.7 Å². The molecule has 6 nitrogen and oxygen atoms in total. The minimum atomic E-state index is 0.204. The van der Waals surface area contributed by atoms with Gasteiger partial charge in [0.15, 0.2) is 5.96 Å². The highest BCUT2D eigenvalue weighted by atomic mass is 16.5. The first-order valence-electron chi connectivity index (χ1n) is 10.0. The van der Waals surface area contributed by atoms with Crippen molar-refractivity contribution in [3.05, 3.63) is 17.0 Å². The lowest BCUT2D eigenvalue weighted by atomic mass is 9.75. The summed E-state index contributed by atoms with van der Waals surface area (Å²) in [5, 5.41) is 11.2. The Balaban J connectivity index is 1.98. The molecule has 2 N–H and O–H groups in total. The predicted octanol–water partition coefficient (Wildman–Crippen LogP) is 2.97. The number of hydrogen-bond acceptors (Lipinski definition) is 4. The van der Waals surface area contributed by atoms with Crippen LogP contribution >= 0.6 is 0 Å². The van der Waals surface area contributed by atoms with Crippen LogP contribution in [0.5, 0.6) is 0 Å². The summed E-state index contributed by atoms with van der Waals surface area (Å²) in [5.41, 5.74) is 2.41. The van der Waals surface area contributed by atoms with Gasteiger partial charge in [-0.2, -0.15) is 0 Å². The zero-order valence-corrected chi connectivity index (χ0v) is 17.5. The average Bonchev–Trinajstić information content (AvgIpc) is 3.03. The first-order chi connectivity index (χ1) is 12.5. The lowest BCUT2D eigenvalue weighted by Gasteiger charge is -2.45. The normalized spacial score (nSPS) is 24.1. The maximum absolute atomic E-state index is 5.46. The monoisotopic (exact) mass is 363 g/mol. The van der Waals surface area contributed by atoms with E-state index in [1.165, 1.54) is 31.2 Å². The summed E-state index contributed by atoms with van der Waals surface area (Å²) in [5.74, 6) is 2.59. The molecule has 0 bridgehead atoms. The minimum Gasteiger partial charge on any atom is -0.361 e. The Morgan fingerprint density at radius 3 is 2.65 bits per heavy atom. The molecule has 1 aromatic heterocycles. The van der Waals surface area contributed by atoms with Crippen molar-refractivity contribution in [1.29, 1.82) is 0 Å². The van der Waals surface area contributed by atoms with Gasteiger partial charge in [-0.05, 0) is 39.3 Å². The smallest absolute Gasteiger partial charge is 0.191 e. The van der Waals surface area contributed by atoms with Crippen LogP contribution in [0.3, 0.4) is 0 Å².